The second kappa shape index (κ2) is 3.56. The minimum Gasteiger partial charge on any atom is -0.341 e. The van der Waals surface area contributed by atoms with Crippen LogP contribution in [0.4, 0.5) is 0 Å². The maximum Gasteiger partial charge on any atom is 0.160 e. The van der Waals surface area contributed by atoms with Crippen LogP contribution < -0.4 is 0 Å². The minimum absolute atomic E-state index is 0.0866. The fourth-order valence-corrected chi connectivity index (χ4v) is 2.28. The van der Waals surface area contributed by atoms with E-state index in [1.165, 1.54) is 16.6 Å². The van der Waals surface area contributed by atoms with Gasteiger partial charge in [0.05, 0.1) is 6.20 Å². The van der Waals surface area contributed by atoms with Gasteiger partial charge in [-0.3, -0.25) is 0 Å². The van der Waals surface area contributed by atoms with Crippen LogP contribution in [0.1, 0.15) is 52.8 Å². The number of rotatable bonds is 0. The van der Waals surface area contributed by atoms with Crippen molar-refractivity contribution in [3.8, 4) is 0 Å². The summed E-state index contributed by atoms with van der Waals surface area (Å²) in [5.74, 6) is 0. The zero-order chi connectivity index (χ0) is 12.8. The van der Waals surface area contributed by atoms with E-state index in [0.717, 1.165) is 5.65 Å². The van der Waals surface area contributed by atoms with Crippen molar-refractivity contribution in [2.75, 3.05) is 0 Å². The lowest BCUT2D eigenvalue weighted by atomic mass is 9.78. The molecule has 0 aliphatic heterocycles. The van der Waals surface area contributed by atoms with Crippen LogP contribution in [0, 0.1) is 0 Å². The van der Waals surface area contributed by atoms with E-state index < -0.39 is 0 Å². The Labute approximate surface area is 103 Å². The smallest absolute Gasteiger partial charge is 0.160 e. The Bertz CT molecular complexity index is 539. The molecule has 3 nitrogen and oxygen atoms in total. The number of hydrogen-bond donors (Lipinski definition) is 1. The number of aromatic nitrogens is 3. The average Bonchev–Trinajstić information content (AvgIpc) is 2.54. The lowest BCUT2D eigenvalue weighted by Crippen LogP contribution is -2.21. The summed E-state index contributed by atoms with van der Waals surface area (Å²) in [5, 5.41) is 9.33. The van der Waals surface area contributed by atoms with E-state index >= 15 is 0 Å². The van der Waals surface area contributed by atoms with Crippen LogP contribution in [-0.2, 0) is 10.8 Å². The molecule has 17 heavy (non-hydrogen) atoms. The predicted molar refractivity (Wildman–Crippen MR) is 71.3 cm³/mol. The highest BCUT2D eigenvalue weighted by Crippen LogP contribution is 2.37. The van der Waals surface area contributed by atoms with Crippen LogP contribution in [0.25, 0.3) is 11.0 Å². The second-order valence-corrected chi connectivity index (χ2v) is 6.67. The van der Waals surface area contributed by atoms with Gasteiger partial charge in [-0.2, -0.15) is 5.10 Å². The molecule has 0 amide bonds. The van der Waals surface area contributed by atoms with Gasteiger partial charge in [-0.05, 0) is 17.0 Å². The Hall–Kier alpha value is -1.38. The van der Waals surface area contributed by atoms with Crippen molar-refractivity contribution in [2.24, 2.45) is 0 Å². The molecule has 0 aliphatic rings. The summed E-state index contributed by atoms with van der Waals surface area (Å²) >= 11 is 0. The topological polar surface area (TPSA) is 41.6 Å². The zero-order valence-corrected chi connectivity index (χ0v) is 11.5. The number of hydrogen-bond acceptors (Lipinski definition) is 2. The molecular weight excluding hydrogens is 210 g/mol. The molecule has 2 aromatic heterocycles. The quantitative estimate of drug-likeness (QED) is 0.753. The molecule has 0 radical (unpaired) electrons. The fourth-order valence-electron chi connectivity index (χ4n) is 2.28. The summed E-state index contributed by atoms with van der Waals surface area (Å²) in [6.07, 6.45) is 1.76. The highest BCUT2D eigenvalue weighted by Gasteiger charge is 2.29. The lowest BCUT2D eigenvalue weighted by Gasteiger charge is -2.26. The van der Waals surface area contributed by atoms with Crippen molar-refractivity contribution in [1.29, 1.82) is 0 Å². The van der Waals surface area contributed by atoms with Gasteiger partial charge in [0.1, 0.15) is 0 Å². The van der Waals surface area contributed by atoms with Gasteiger partial charge in [-0.25, -0.2) is 0 Å². The fraction of sp³-hybridized carbons (Fsp3) is 0.571. The first-order valence-electron chi connectivity index (χ1n) is 6.05. The number of aromatic amines is 1. The van der Waals surface area contributed by atoms with Gasteiger partial charge in [0.25, 0.3) is 0 Å². The summed E-state index contributed by atoms with van der Waals surface area (Å²) in [4.78, 5) is 3.44. The Morgan fingerprint density at radius 2 is 1.65 bits per heavy atom. The summed E-state index contributed by atoms with van der Waals surface area (Å²) in [6, 6.07) is 2.05. The molecule has 2 aromatic rings. The largest absolute Gasteiger partial charge is 0.341 e. The van der Waals surface area contributed by atoms with Gasteiger partial charge < -0.3 is 4.98 Å². The molecule has 0 atom stereocenters. The number of H-pyrrole nitrogens is 1. The van der Waals surface area contributed by atoms with E-state index in [4.69, 9.17) is 0 Å². The van der Waals surface area contributed by atoms with Crippen molar-refractivity contribution in [3.05, 3.63) is 23.5 Å². The van der Waals surface area contributed by atoms with E-state index in [1.54, 1.807) is 6.20 Å². The molecule has 0 aliphatic carbocycles. The van der Waals surface area contributed by atoms with Crippen LogP contribution in [-0.4, -0.2) is 15.2 Å². The van der Waals surface area contributed by atoms with Gasteiger partial charge in [-0.15, -0.1) is 5.10 Å². The standard InChI is InChI=1S/C14H21N3/c1-13(2,3)10-9-7-8-15-17-12(9)16-11(10)14(4,5)6/h7-8H,1-6H3,(H,16,17). The zero-order valence-electron chi connectivity index (χ0n) is 11.5. The number of fused-ring (bicyclic) bond motifs is 1. The first-order chi connectivity index (χ1) is 7.71. The van der Waals surface area contributed by atoms with Crippen molar-refractivity contribution < 1.29 is 0 Å². The minimum atomic E-state index is 0.0866. The molecule has 0 unspecified atom stereocenters. The Balaban J connectivity index is 2.84. The molecule has 0 aromatic carbocycles. The maximum absolute atomic E-state index is 4.18. The predicted octanol–water partition coefficient (Wildman–Crippen LogP) is 3.55. The van der Waals surface area contributed by atoms with Gasteiger partial charge in [0.2, 0.25) is 0 Å². The molecule has 0 bridgehead atoms. The average molecular weight is 231 g/mol. The molecule has 3 heteroatoms. The molecule has 92 valence electrons. The van der Waals surface area contributed by atoms with Crippen molar-refractivity contribution in [2.45, 2.75) is 52.4 Å². The van der Waals surface area contributed by atoms with Crippen molar-refractivity contribution >= 4 is 11.0 Å². The summed E-state index contributed by atoms with van der Waals surface area (Å²) < 4.78 is 0. The van der Waals surface area contributed by atoms with Gasteiger partial charge in [0.15, 0.2) is 5.65 Å². The van der Waals surface area contributed by atoms with Crippen LogP contribution in [0.15, 0.2) is 12.3 Å². The summed E-state index contributed by atoms with van der Waals surface area (Å²) in [7, 11) is 0. The molecule has 1 N–H and O–H groups in total. The highest BCUT2D eigenvalue weighted by molar-refractivity contribution is 5.82. The Morgan fingerprint density at radius 1 is 1.00 bits per heavy atom. The van der Waals surface area contributed by atoms with E-state index in [0.29, 0.717) is 0 Å². The van der Waals surface area contributed by atoms with Gasteiger partial charge in [-0.1, -0.05) is 41.5 Å². The molecule has 0 saturated heterocycles. The third-order valence-corrected chi connectivity index (χ3v) is 2.98. The third kappa shape index (κ3) is 2.06. The van der Waals surface area contributed by atoms with Crippen LogP contribution in [0.5, 0.6) is 0 Å². The third-order valence-electron chi connectivity index (χ3n) is 2.98. The SMILES string of the molecule is CC(C)(C)c1[nH]c2nnccc2c1C(C)(C)C. The monoisotopic (exact) mass is 231 g/mol. The summed E-state index contributed by atoms with van der Waals surface area (Å²) in [5.41, 5.74) is 3.70. The lowest BCUT2D eigenvalue weighted by molar-refractivity contribution is 0.524. The Morgan fingerprint density at radius 3 is 2.18 bits per heavy atom. The first kappa shape index (κ1) is 12.1. The van der Waals surface area contributed by atoms with Crippen molar-refractivity contribution in [3.63, 3.8) is 0 Å². The van der Waals surface area contributed by atoms with E-state index in [9.17, 15) is 0 Å². The molecule has 2 rings (SSSR count). The number of nitrogens with one attached hydrogen (secondary N) is 1. The highest BCUT2D eigenvalue weighted by atomic mass is 15.1. The second-order valence-electron chi connectivity index (χ2n) is 6.67. The van der Waals surface area contributed by atoms with Crippen LogP contribution in [0.3, 0.4) is 0 Å². The van der Waals surface area contributed by atoms with Gasteiger partial charge in [0, 0.05) is 16.5 Å². The molecule has 0 fully saturated rings. The van der Waals surface area contributed by atoms with E-state index in [-0.39, 0.29) is 10.8 Å². The molecule has 0 spiro atoms. The molecule has 2 heterocycles. The van der Waals surface area contributed by atoms with Crippen LogP contribution in [0.2, 0.25) is 0 Å². The first-order valence-corrected chi connectivity index (χ1v) is 6.05. The Kier molecular flexibility index (Phi) is 2.53. The van der Waals surface area contributed by atoms with Crippen molar-refractivity contribution in [1.82, 2.24) is 15.2 Å². The molecular formula is C14H21N3. The maximum atomic E-state index is 4.18. The van der Waals surface area contributed by atoms with E-state index in [1.807, 2.05) is 0 Å². The van der Waals surface area contributed by atoms with Crippen LogP contribution >= 0.6 is 0 Å². The van der Waals surface area contributed by atoms with E-state index in [2.05, 4.69) is 62.8 Å². The normalized spacial score (nSPS) is 13.3. The number of nitrogens with zero attached hydrogens (tertiary/aromatic N) is 2. The van der Waals surface area contributed by atoms with Gasteiger partial charge >= 0.3 is 0 Å². The summed E-state index contributed by atoms with van der Waals surface area (Å²) in [6.45, 7) is 13.4. The molecule has 0 saturated carbocycles.